The third kappa shape index (κ3) is 3.52. The van der Waals surface area contributed by atoms with Crippen LogP contribution in [0.1, 0.15) is 56.4 Å². The summed E-state index contributed by atoms with van der Waals surface area (Å²) in [5.74, 6) is 1.88. The molecule has 0 atom stereocenters. The smallest absolute Gasteiger partial charge is 0.194 e. The fourth-order valence-electron chi connectivity index (χ4n) is 1.53. The zero-order valence-corrected chi connectivity index (χ0v) is 9.60. The van der Waals surface area contributed by atoms with Crippen molar-refractivity contribution < 1.29 is 4.42 Å². The summed E-state index contributed by atoms with van der Waals surface area (Å²) in [6.45, 7) is 6.21. The quantitative estimate of drug-likeness (QED) is 0.645. The lowest BCUT2D eigenvalue weighted by molar-refractivity contribution is 0.458. The van der Waals surface area contributed by atoms with Gasteiger partial charge in [-0.25, -0.2) is 4.98 Å². The molecule has 0 aliphatic rings. The Morgan fingerprint density at radius 3 is 2.36 bits per heavy atom. The van der Waals surface area contributed by atoms with Gasteiger partial charge in [0, 0.05) is 6.42 Å². The second-order valence-corrected chi connectivity index (χ2v) is 3.91. The molecule has 0 saturated heterocycles. The molecule has 0 N–H and O–H groups in total. The number of oxazole rings is 1. The predicted molar refractivity (Wildman–Crippen MR) is 58.4 cm³/mol. The van der Waals surface area contributed by atoms with E-state index in [-0.39, 0.29) is 0 Å². The SMILES string of the molecule is CCCCCCCc1nc(C)c(C)o1. The maximum atomic E-state index is 5.51. The Bertz CT molecular complexity index is 246. The highest BCUT2D eigenvalue weighted by molar-refractivity contribution is 5.05. The second-order valence-electron chi connectivity index (χ2n) is 3.91. The molecule has 0 bridgehead atoms. The van der Waals surface area contributed by atoms with Crippen LogP contribution in [0.3, 0.4) is 0 Å². The first-order chi connectivity index (χ1) is 6.74. The molecular formula is C12H21NO. The molecule has 0 radical (unpaired) electrons. The summed E-state index contributed by atoms with van der Waals surface area (Å²) in [5, 5.41) is 0. The standard InChI is InChI=1S/C12H21NO/c1-4-5-6-7-8-9-12-13-10(2)11(3)14-12/h4-9H2,1-3H3. The van der Waals surface area contributed by atoms with Gasteiger partial charge in [0.15, 0.2) is 5.89 Å². The third-order valence-corrected chi connectivity index (χ3v) is 2.57. The molecule has 0 spiro atoms. The van der Waals surface area contributed by atoms with Crippen molar-refractivity contribution in [1.82, 2.24) is 4.98 Å². The molecule has 2 heteroatoms. The van der Waals surface area contributed by atoms with E-state index < -0.39 is 0 Å². The van der Waals surface area contributed by atoms with E-state index in [0.29, 0.717) is 0 Å². The summed E-state index contributed by atoms with van der Waals surface area (Å²) in [4.78, 5) is 4.36. The Balaban J connectivity index is 2.18. The van der Waals surface area contributed by atoms with Gasteiger partial charge in [-0.3, -0.25) is 0 Å². The summed E-state index contributed by atoms with van der Waals surface area (Å²) in [6, 6.07) is 0. The molecule has 1 aromatic heterocycles. The number of hydrogen-bond acceptors (Lipinski definition) is 2. The highest BCUT2D eigenvalue weighted by atomic mass is 16.4. The molecule has 0 unspecified atom stereocenters. The highest BCUT2D eigenvalue weighted by Gasteiger charge is 2.04. The molecule has 0 fully saturated rings. The number of unbranched alkanes of at least 4 members (excludes halogenated alkanes) is 4. The maximum absolute atomic E-state index is 5.51. The van der Waals surface area contributed by atoms with Gasteiger partial charge in [-0.2, -0.15) is 0 Å². The minimum absolute atomic E-state index is 0.913. The van der Waals surface area contributed by atoms with Crippen molar-refractivity contribution in [3.63, 3.8) is 0 Å². The van der Waals surface area contributed by atoms with E-state index in [9.17, 15) is 0 Å². The van der Waals surface area contributed by atoms with Crippen LogP contribution in [0.5, 0.6) is 0 Å². The van der Waals surface area contributed by atoms with Gasteiger partial charge in [0.05, 0.1) is 5.69 Å². The van der Waals surface area contributed by atoms with Gasteiger partial charge in [-0.05, 0) is 20.3 Å². The topological polar surface area (TPSA) is 26.0 Å². The Morgan fingerprint density at radius 2 is 1.79 bits per heavy atom. The highest BCUT2D eigenvalue weighted by Crippen LogP contribution is 2.12. The lowest BCUT2D eigenvalue weighted by Gasteiger charge is -1.96. The summed E-state index contributed by atoms with van der Waals surface area (Å²) in [6.07, 6.45) is 7.50. The van der Waals surface area contributed by atoms with Crippen molar-refractivity contribution in [3.05, 3.63) is 17.3 Å². The number of hydrogen-bond donors (Lipinski definition) is 0. The Labute approximate surface area is 86.7 Å². The molecule has 0 saturated carbocycles. The van der Waals surface area contributed by atoms with E-state index in [0.717, 1.165) is 23.8 Å². The number of aryl methyl sites for hydroxylation is 3. The van der Waals surface area contributed by atoms with Crippen LogP contribution in [0.4, 0.5) is 0 Å². The molecule has 80 valence electrons. The number of aromatic nitrogens is 1. The largest absolute Gasteiger partial charge is 0.446 e. The van der Waals surface area contributed by atoms with Gasteiger partial charge in [-0.1, -0.05) is 32.6 Å². The van der Waals surface area contributed by atoms with Crippen LogP contribution < -0.4 is 0 Å². The van der Waals surface area contributed by atoms with E-state index in [1.165, 1.54) is 32.1 Å². The lowest BCUT2D eigenvalue weighted by Crippen LogP contribution is -1.86. The molecule has 0 amide bonds. The minimum atomic E-state index is 0.913. The zero-order valence-electron chi connectivity index (χ0n) is 9.60. The molecule has 1 aromatic rings. The third-order valence-electron chi connectivity index (χ3n) is 2.57. The Morgan fingerprint density at radius 1 is 1.07 bits per heavy atom. The van der Waals surface area contributed by atoms with Gasteiger partial charge in [0.2, 0.25) is 0 Å². The predicted octanol–water partition coefficient (Wildman–Crippen LogP) is 3.80. The van der Waals surface area contributed by atoms with Crippen molar-refractivity contribution in [3.8, 4) is 0 Å². The van der Waals surface area contributed by atoms with Crippen LogP contribution in [0.2, 0.25) is 0 Å². The molecule has 2 nitrogen and oxygen atoms in total. The average Bonchev–Trinajstić information content (AvgIpc) is 2.46. The molecule has 1 rings (SSSR count). The Hall–Kier alpha value is -0.790. The number of rotatable bonds is 6. The van der Waals surface area contributed by atoms with E-state index in [1.54, 1.807) is 0 Å². The monoisotopic (exact) mass is 195 g/mol. The first-order valence-corrected chi connectivity index (χ1v) is 5.67. The summed E-state index contributed by atoms with van der Waals surface area (Å²) in [5.41, 5.74) is 1.04. The van der Waals surface area contributed by atoms with E-state index in [4.69, 9.17) is 4.42 Å². The van der Waals surface area contributed by atoms with E-state index in [1.807, 2.05) is 13.8 Å². The first kappa shape index (κ1) is 11.3. The fourth-order valence-corrected chi connectivity index (χ4v) is 1.53. The van der Waals surface area contributed by atoms with Gasteiger partial charge in [0.25, 0.3) is 0 Å². The summed E-state index contributed by atoms with van der Waals surface area (Å²) >= 11 is 0. The van der Waals surface area contributed by atoms with Crippen LogP contribution in [-0.4, -0.2) is 4.98 Å². The summed E-state index contributed by atoms with van der Waals surface area (Å²) in [7, 11) is 0. The molecule has 0 aromatic carbocycles. The van der Waals surface area contributed by atoms with Crippen molar-refractivity contribution in [2.45, 2.75) is 59.3 Å². The molecular weight excluding hydrogens is 174 g/mol. The van der Waals surface area contributed by atoms with Gasteiger partial charge in [-0.15, -0.1) is 0 Å². The lowest BCUT2D eigenvalue weighted by atomic mass is 10.1. The molecule has 1 heterocycles. The van der Waals surface area contributed by atoms with Crippen LogP contribution in [-0.2, 0) is 6.42 Å². The van der Waals surface area contributed by atoms with Crippen LogP contribution in [0.25, 0.3) is 0 Å². The number of nitrogens with zero attached hydrogens (tertiary/aromatic N) is 1. The van der Waals surface area contributed by atoms with Crippen LogP contribution in [0, 0.1) is 13.8 Å². The normalized spacial score (nSPS) is 10.8. The molecule has 14 heavy (non-hydrogen) atoms. The maximum Gasteiger partial charge on any atom is 0.194 e. The molecule has 0 aliphatic heterocycles. The zero-order chi connectivity index (χ0) is 10.4. The van der Waals surface area contributed by atoms with Crippen molar-refractivity contribution in [1.29, 1.82) is 0 Å². The van der Waals surface area contributed by atoms with Crippen LogP contribution in [0.15, 0.2) is 4.42 Å². The van der Waals surface area contributed by atoms with Gasteiger partial charge in [0.1, 0.15) is 5.76 Å². The first-order valence-electron chi connectivity index (χ1n) is 5.67. The van der Waals surface area contributed by atoms with Crippen molar-refractivity contribution in [2.24, 2.45) is 0 Å². The van der Waals surface area contributed by atoms with Gasteiger partial charge < -0.3 is 4.42 Å². The van der Waals surface area contributed by atoms with E-state index >= 15 is 0 Å². The van der Waals surface area contributed by atoms with Gasteiger partial charge >= 0.3 is 0 Å². The van der Waals surface area contributed by atoms with Crippen molar-refractivity contribution >= 4 is 0 Å². The second kappa shape index (κ2) is 5.84. The summed E-state index contributed by atoms with van der Waals surface area (Å²) < 4.78 is 5.51. The van der Waals surface area contributed by atoms with Crippen LogP contribution >= 0.6 is 0 Å². The Kier molecular flexibility index (Phi) is 4.71. The van der Waals surface area contributed by atoms with Crippen molar-refractivity contribution in [2.75, 3.05) is 0 Å². The van der Waals surface area contributed by atoms with E-state index in [2.05, 4.69) is 11.9 Å². The minimum Gasteiger partial charge on any atom is -0.446 e. The fraction of sp³-hybridized carbons (Fsp3) is 0.750. The average molecular weight is 195 g/mol. The molecule has 0 aliphatic carbocycles.